The van der Waals surface area contributed by atoms with Gasteiger partial charge in [0.2, 0.25) is 0 Å². The Morgan fingerprint density at radius 1 is 1.21 bits per heavy atom. The number of methoxy groups -OCH3 is 1. The molecule has 5 atom stereocenters. The highest BCUT2D eigenvalue weighted by molar-refractivity contribution is 7.86. The standard InChI is InChI=1S/C20H24F3N3O7S/c1-20(2)31-8-14-19(33-20)17(18(29-3)15(32-14)9-34(27,28)30-4)26-7-13(24-25-26)10-5-11(21)16(23)12(22)6-10/h5-7,14-15,17-19H,8-9H2,1-4H3/t14-,15+,17-,18+,19+/m1/s1. The van der Waals surface area contributed by atoms with Crippen LogP contribution in [0.4, 0.5) is 13.2 Å². The Morgan fingerprint density at radius 3 is 2.50 bits per heavy atom. The summed E-state index contributed by atoms with van der Waals surface area (Å²) in [6.45, 7) is 3.52. The Morgan fingerprint density at radius 2 is 1.88 bits per heavy atom. The molecule has 0 aliphatic carbocycles. The minimum Gasteiger partial charge on any atom is -0.376 e. The molecule has 2 aromatic rings. The van der Waals surface area contributed by atoms with Crippen molar-refractivity contribution in [1.29, 1.82) is 0 Å². The fraction of sp³-hybridized carbons (Fsp3) is 0.600. The molecule has 0 amide bonds. The molecule has 188 valence electrons. The van der Waals surface area contributed by atoms with E-state index in [0.29, 0.717) is 0 Å². The molecule has 0 bridgehead atoms. The molecular formula is C20H24F3N3O7S. The van der Waals surface area contributed by atoms with E-state index in [2.05, 4.69) is 14.5 Å². The molecule has 1 aromatic carbocycles. The molecule has 4 rings (SSSR count). The van der Waals surface area contributed by atoms with Crippen molar-refractivity contribution in [2.45, 2.75) is 50.1 Å². The number of ether oxygens (including phenoxy) is 4. The van der Waals surface area contributed by atoms with Crippen molar-refractivity contribution >= 4 is 10.1 Å². The van der Waals surface area contributed by atoms with Gasteiger partial charge in [-0.25, -0.2) is 17.9 Å². The average Bonchev–Trinajstić information content (AvgIpc) is 3.25. The van der Waals surface area contributed by atoms with Crippen LogP contribution >= 0.6 is 0 Å². The van der Waals surface area contributed by atoms with E-state index in [0.717, 1.165) is 19.2 Å². The Hall–Kier alpha value is -2.10. The zero-order chi connectivity index (χ0) is 24.8. The number of aromatic nitrogens is 3. The minimum absolute atomic E-state index is 0.0352. The van der Waals surface area contributed by atoms with Gasteiger partial charge in [0, 0.05) is 12.7 Å². The third-order valence-corrected chi connectivity index (χ3v) is 7.01. The van der Waals surface area contributed by atoms with Crippen molar-refractivity contribution in [3.63, 3.8) is 0 Å². The first-order valence-corrected chi connectivity index (χ1v) is 11.9. The first-order chi connectivity index (χ1) is 15.9. The predicted octanol–water partition coefficient (Wildman–Crippen LogP) is 1.81. The number of halogens is 3. The summed E-state index contributed by atoms with van der Waals surface area (Å²) in [5.41, 5.74) is 0.0232. The van der Waals surface area contributed by atoms with Gasteiger partial charge in [-0.2, -0.15) is 8.42 Å². The topological polar surface area (TPSA) is 111 Å². The first kappa shape index (κ1) is 25.0. The Bertz CT molecular complexity index is 1140. The van der Waals surface area contributed by atoms with Crippen LogP contribution in [0.1, 0.15) is 19.9 Å². The van der Waals surface area contributed by atoms with Gasteiger partial charge >= 0.3 is 0 Å². The van der Waals surface area contributed by atoms with Gasteiger partial charge in [-0.05, 0) is 26.0 Å². The summed E-state index contributed by atoms with van der Waals surface area (Å²) in [7, 11) is -1.51. The fourth-order valence-electron chi connectivity index (χ4n) is 4.18. The normalized spacial score (nSPS) is 29.1. The quantitative estimate of drug-likeness (QED) is 0.427. The van der Waals surface area contributed by atoms with Gasteiger partial charge in [-0.3, -0.25) is 4.18 Å². The maximum atomic E-state index is 13.7. The summed E-state index contributed by atoms with van der Waals surface area (Å²) < 4.78 is 94.5. The molecule has 2 saturated heterocycles. The number of hydrogen-bond donors (Lipinski definition) is 0. The van der Waals surface area contributed by atoms with Crippen LogP contribution in [-0.4, -0.2) is 80.2 Å². The molecule has 0 N–H and O–H groups in total. The summed E-state index contributed by atoms with van der Waals surface area (Å²) >= 11 is 0. The van der Waals surface area contributed by atoms with Crippen molar-refractivity contribution in [3.05, 3.63) is 35.8 Å². The van der Waals surface area contributed by atoms with E-state index >= 15 is 0 Å². The Balaban J connectivity index is 1.74. The van der Waals surface area contributed by atoms with Gasteiger partial charge < -0.3 is 18.9 Å². The van der Waals surface area contributed by atoms with Crippen molar-refractivity contribution in [2.24, 2.45) is 0 Å². The lowest BCUT2D eigenvalue weighted by atomic mass is 9.91. The van der Waals surface area contributed by atoms with Crippen molar-refractivity contribution in [2.75, 3.05) is 26.6 Å². The monoisotopic (exact) mass is 507 g/mol. The SMILES string of the molecule is CO[C@@H]1[C@@H](n2cc(-c3cc(F)c(F)c(F)c3)nn2)[C@H]2OC(C)(C)OC[C@H]2O[C@H]1CS(=O)(=O)OC. The second-order valence-electron chi connectivity index (χ2n) is 8.43. The van der Waals surface area contributed by atoms with E-state index < -0.39 is 69.6 Å². The molecule has 0 saturated carbocycles. The highest BCUT2D eigenvalue weighted by atomic mass is 32.2. The Labute approximate surface area is 194 Å². The minimum atomic E-state index is -3.93. The molecule has 0 unspecified atom stereocenters. The second-order valence-corrected chi connectivity index (χ2v) is 10.2. The van der Waals surface area contributed by atoms with E-state index in [1.54, 1.807) is 13.8 Å². The fourth-order valence-corrected chi connectivity index (χ4v) is 4.99. The third-order valence-electron chi connectivity index (χ3n) is 5.76. The van der Waals surface area contributed by atoms with Gasteiger partial charge in [-0.15, -0.1) is 5.10 Å². The van der Waals surface area contributed by atoms with Crippen molar-refractivity contribution < 1.29 is 44.7 Å². The lowest BCUT2D eigenvalue weighted by Crippen LogP contribution is -2.63. The van der Waals surface area contributed by atoms with Crippen LogP contribution < -0.4 is 0 Å². The largest absolute Gasteiger partial charge is 0.376 e. The number of benzene rings is 1. The van der Waals surface area contributed by atoms with Crippen LogP contribution in [0.15, 0.2) is 18.3 Å². The van der Waals surface area contributed by atoms with Crippen LogP contribution in [0.3, 0.4) is 0 Å². The van der Waals surface area contributed by atoms with Crippen molar-refractivity contribution in [3.8, 4) is 11.3 Å². The smallest absolute Gasteiger partial charge is 0.269 e. The van der Waals surface area contributed by atoms with E-state index in [4.69, 9.17) is 18.9 Å². The molecular weight excluding hydrogens is 483 g/mol. The van der Waals surface area contributed by atoms with Gasteiger partial charge in [0.15, 0.2) is 23.2 Å². The molecule has 1 aromatic heterocycles. The van der Waals surface area contributed by atoms with Crippen LogP contribution in [0.5, 0.6) is 0 Å². The maximum absolute atomic E-state index is 13.7. The molecule has 10 nitrogen and oxygen atoms in total. The van der Waals surface area contributed by atoms with E-state index in [1.807, 2.05) is 0 Å². The number of hydrogen-bond acceptors (Lipinski definition) is 9. The van der Waals surface area contributed by atoms with E-state index in [9.17, 15) is 21.6 Å². The third kappa shape index (κ3) is 4.83. The summed E-state index contributed by atoms with van der Waals surface area (Å²) in [5.74, 6) is -5.84. The van der Waals surface area contributed by atoms with Crippen molar-refractivity contribution in [1.82, 2.24) is 15.0 Å². The molecule has 0 radical (unpaired) electrons. The summed E-state index contributed by atoms with van der Waals surface area (Å²) in [4.78, 5) is 0. The Kier molecular flexibility index (Phi) is 6.74. The van der Waals surface area contributed by atoms with Gasteiger partial charge in [0.1, 0.15) is 41.9 Å². The summed E-state index contributed by atoms with van der Waals surface area (Å²) in [5, 5.41) is 8.04. The van der Waals surface area contributed by atoms with Crippen LogP contribution in [0, 0.1) is 17.5 Å². The van der Waals surface area contributed by atoms with Gasteiger partial charge in [0.05, 0.1) is 19.9 Å². The van der Waals surface area contributed by atoms with Crippen LogP contribution in [-0.2, 0) is 33.2 Å². The zero-order valence-electron chi connectivity index (χ0n) is 18.8. The molecule has 2 aliphatic rings. The van der Waals surface area contributed by atoms with Crippen LogP contribution in [0.2, 0.25) is 0 Å². The average molecular weight is 507 g/mol. The molecule has 34 heavy (non-hydrogen) atoms. The highest BCUT2D eigenvalue weighted by Crippen LogP contribution is 2.40. The first-order valence-electron chi connectivity index (χ1n) is 10.3. The molecule has 0 spiro atoms. The zero-order valence-corrected chi connectivity index (χ0v) is 19.6. The number of fused-ring (bicyclic) bond motifs is 1. The number of rotatable bonds is 6. The highest BCUT2D eigenvalue weighted by Gasteiger charge is 2.53. The summed E-state index contributed by atoms with van der Waals surface area (Å²) in [6, 6.07) is 0.838. The molecule has 2 aliphatic heterocycles. The maximum Gasteiger partial charge on any atom is 0.269 e. The second kappa shape index (κ2) is 9.17. The van der Waals surface area contributed by atoms with E-state index in [1.165, 1.54) is 18.0 Å². The van der Waals surface area contributed by atoms with Gasteiger partial charge in [0.25, 0.3) is 10.1 Å². The lowest BCUT2D eigenvalue weighted by molar-refractivity contribution is -0.348. The molecule has 14 heteroatoms. The molecule has 2 fully saturated rings. The lowest BCUT2D eigenvalue weighted by Gasteiger charge is -2.50. The molecule has 3 heterocycles. The predicted molar refractivity (Wildman–Crippen MR) is 110 cm³/mol. The summed E-state index contributed by atoms with van der Waals surface area (Å²) in [6.07, 6.45) is -1.88. The van der Waals surface area contributed by atoms with Gasteiger partial charge in [-0.1, -0.05) is 5.21 Å². The van der Waals surface area contributed by atoms with E-state index in [-0.39, 0.29) is 17.9 Å². The number of nitrogens with zero attached hydrogens (tertiary/aromatic N) is 3. The van der Waals surface area contributed by atoms with Crippen LogP contribution in [0.25, 0.3) is 11.3 Å².